The molecule has 1 N–H and O–H groups in total. The van der Waals surface area contributed by atoms with Gasteiger partial charge in [-0.05, 0) is 35.8 Å². The predicted molar refractivity (Wildman–Crippen MR) is 79.5 cm³/mol. The van der Waals surface area contributed by atoms with Gasteiger partial charge < -0.3 is 5.11 Å². The third-order valence-corrected chi connectivity index (χ3v) is 3.34. The molecule has 0 saturated carbocycles. The van der Waals surface area contributed by atoms with Crippen molar-refractivity contribution in [2.75, 3.05) is 0 Å². The summed E-state index contributed by atoms with van der Waals surface area (Å²) in [7, 11) is 0. The van der Waals surface area contributed by atoms with Gasteiger partial charge in [0.2, 0.25) is 0 Å². The van der Waals surface area contributed by atoms with E-state index < -0.39 is 5.97 Å². The molecule has 0 fully saturated rings. The van der Waals surface area contributed by atoms with Crippen molar-refractivity contribution in [2.45, 2.75) is 19.8 Å². The maximum absolute atomic E-state index is 10.8. The van der Waals surface area contributed by atoms with Crippen LogP contribution in [-0.4, -0.2) is 16.1 Å². The molecule has 1 aromatic carbocycles. The van der Waals surface area contributed by atoms with Crippen molar-refractivity contribution in [1.82, 2.24) is 4.98 Å². The molecule has 0 spiro atoms. The number of nitrogens with zero attached hydrogens (tertiary/aromatic N) is 1. The van der Waals surface area contributed by atoms with Crippen molar-refractivity contribution in [3.63, 3.8) is 0 Å². The fourth-order valence-corrected chi connectivity index (χ4v) is 2.02. The van der Waals surface area contributed by atoms with Gasteiger partial charge in [0.1, 0.15) is 0 Å². The Hall–Kier alpha value is -2.42. The summed E-state index contributed by atoms with van der Waals surface area (Å²) in [4.78, 5) is 14.9. The molecule has 3 nitrogen and oxygen atoms in total. The molecule has 0 amide bonds. The van der Waals surface area contributed by atoms with Crippen LogP contribution in [0.3, 0.4) is 0 Å². The Kier molecular flexibility index (Phi) is 4.31. The van der Waals surface area contributed by atoms with Crippen LogP contribution in [0.1, 0.15) is 36.5 Å². The molecule has 2 rings (SSSR count). The first kappa shape index (κ1) is 14.0. The number of hydrogen-bond donors (Lipinski definition) is 1. The van der Waals surface area contributed by atoms with E-state index in [4.69, 9.17) is 5.11 Å². The topological polar surface area (TPSA) is 50.2 Å². The van der Waals surface area contributed by atoms with E-state index >= 15 is 0 Å². The number of aromatic nitrogens is 1. The molecule has 0 aliphatic carbocycles. The van der Waals surface area contributed by atoms with Crippen LogP contribution in [0.25, 0.3) is 6.08 Å². The number of carboxylic acid groups (broad SMARTS) is 1. The Morgan fingerprint density at radius 2 is 1.90 bits per heavy atom. The highest BCUT2D eigenvalue weighted by Crippen LogP contribution is 2.23. The Balaban J connectivity index is 2.21. The molecule has 0 aliphatic rings. The Bertz CT molecular complexity index is 615. The number of rotatable bonds is 4. The summed E-state index contributed by atoms with van der Waals surface area (Å²) >= 11 is 0. The van der Waals surface area contributed by atoms with Gasteiger partial charge in [-0.3, -0.25) is 4.98 Å². The average molecular weight is 267 g/mol. The summed E-state index contributed by atoms with van der Waals surface area (Å²) in [6, 6.07) is 11.9. The number of aliphatic carboxylic acids is 1. The highest BCUT2D eigenvalue weighted by atomic mass is 16.4. The first-order valence-corrected chi connectivity index (χ1v) is 6.49. The maximum Gasteiger partial charge on any atom is 0.331 e. The first-order valence-electron chi connectivity index (χ1n) is 6.49. The lowest BCUT2D eigenvalue weighted by Gasteiger charge is -2.12. The van der Waals surface area contributed by atoms with Crippen molar-refractivity contribution in [2.24, 2.45) is 0 Å². The largest absolute Gasteiger partial charge is 0.478 e. The van der Waals surface area contributed by atoms with E-state index in [1.54, 1.807) is 19.2 Å². The van der Waals surface area contributed by atoms with E-state index in [-0.39, 0.29) is 5.92 Å². The van der Waals surface area contributed by atoms with Gasteiger partial charge >= 0.3 is 5.97 Å². The SMILES string of the molecule is C/C(=C\c1ccc(C(C)c2cccnc2)cc1)C(=O)O. The minimum atomic E-state index is -0.891. The molecule has 0 aliphatic heterocycles. The number of carbonyl (C=O) groups is 1. The van der Waals surface area contributed by atoms with Gasteiger partial charge in [-0.25, -0.2) is 4.79 Å². The number of benzene rings is 1. The molecule has 1 aromatic heterocycles. The van der Waals surface area contributed by atoms with Gasteiger partial charge in [0.25, 0.3) is 0 Å². The van der Waals surface area contributed by atoms with E-state index in [1.165, 1.54) is 5.56 Å². The molecule has 2 aromatic rings. The minimum absolute atomic E-state index is 0.266. The second-order valence-electron chi connectivity index (χ2n) is 4.81. The Labute approximate surface area is 118 Å². The molecule has 102 valence electrons. The van der Waals surface area contributed by atoms with Gasteiger partial charge in [0, 0.05) is 23.9 Å². The summed E-state index contributed by atoms with van der Waals surface area (Å²) in [5.41, 5.74) is 3.57. The van der Waals surface area contributed by atoms with Gasteiger partial charge in [-0.1, -0.05) is 37.3 Å². The third kappa shape index (κ3) is 3.32. The van der Waals surface area contributed by atoms with Crippen LogP contribution in [0.5, 0.6) is 0 Å². The summed E-state index contributed by atoms with van der Waals surface area (Å²) in [5.74, 6) is -0.625. The molecule has 3 heteroatoms. The van der Waals surface area contributed by atoms with Crippen LogP contribution in [0.4, 0.5) is 0 Å². The smallest absolute Gasteiger partial charge is 0.331 e. The van der Waals surface area contributed by atoms with Crippen LogP contribution in [0, 0.1) is 0 Å². The summed E-state index contributed by atoms with van der Waals surface area (Å²) in [6.45, 7) is 3.72. The third-order valence-electron chi connectivity index (χ3n) is 3.34. The van der Waals surface area contributed by atoms with E-state index in [9.17, 15) is 4.79 Å². The second kappa shape index (κ2) is 6.15. The van der Waals surface area contributed by atoms with E-state index in [1.807, 2.05) is 36.5 Å². The molecule has 0 radical (unpaired) electrons. The van der Waals surface area contributed by atoms with Gasteiger partial charge in [-0.2, -0.15) is 0 Å². The fraction of sp³-hybridized carbons (Fsp3) is 0.176. The lowest BCUT2D eigenvalue weighted by atomic mass is 9.93. The Morgan fingerprint density at radius 1 is 1.20 bits per heavy atom. The molecular weight excluding hydrogens is 250 g/mol. The van der Waals surface area contributed by atoms with Crippen LogP contribution < -0.4 is 0 Å². The lowest BCUT2D eigenvalue weighted by molar-refractivity contribution is -0.132. The van der Waals surface area contributed by atoms with E-state index in [0.717, 1.165) is 11.1 Å². The summed E-state index contributed by atoms with van der Waals surface area (Å²) in [5, 5.41) is 8.86. The van der Waals surface area contributed by atoms with Crippen molar-refractivity contribution in [3.05, 3.63) is 71.1 Å². The first-order chi connectivity index (χ1) is 9.58. The number of pyridine rings is 1. The molecule has 0 bridgehead atoms. The summed E-state index contributed by atoms with van der Waals surface area (Å²) < 4.78 is 0. The average Bonchev–Trinajstić information content (AvgIpc) is 2.48. The lowest BCUT2D eigenvalue weighted by Crippen LogP contribution is -1.97. The van der Waals surface area contributed by atoms with Crippen LogP contribution >= 0.6 is 0 Å². The molecule has 0 saturated heterocycles. The normalized spacial score (nSPS) is 13.0. The number of carboxylic acids is 1. The second-order valence-corrected chi connectivity index (χ2v) is 4.81. The highest BCUT2D eigenvalue weighted by Gasteiger charge is 2.08. The van der Waals surface area contributed by atoms with Crippen molar-refractivity contribution in [3.8, 4) is 0 Å². The molecule has 1 unspecified atom stereocenters. The van der Waals surface area contributed by atoms with Crippen molar-refractivity contribution < 1.29 is 9.90 Å². The monoisotopic (exact) mass is 267 g/mol. The zero-order valence-corrected chi connectivity index (χ0v) is 11.6. The quantitative estimate of drug-likeness (QED) is 0.859. The molecule has 20 heavy (non-hydrogen) atoms. The molecule has 1 heterocycles. The van der Waals surface area contributed by atoms with Gasteiger partial charge in [0.15, 0.2) is 0 Å². The van der Waals surface area contributed by atoms with Crippen LogP contribution in [-0.2, 0) is 4.79 Å². The van der Waals surface area contributed by atoms with Crippen LogP contribution in [0.2, 0.25) is 0 Å². The predicted octanol–water partition coefficient (Wildman–Crippen LogP) is 3.72. The molecular formula is C17H17NO2. The van der Waals surface area contributed by atoms with E-state index in [2.05, 4.69) is 18.0 Å². The molecule has 1 atom stereocenters. The zero-order valence-electron chi connectivity index (χ0n) is 11.6. The standard InChI is InChI=1S/C17H17NO2/c1-12(17(19)20)10-14-5-7-15(8-6-14)13(2)16-4-3-9-18-11-16/h3-11,13H,1-2H3,(H,19,20)/b12-10+. The van der Waals surface area contributed by atoms with Crippen molar-refractivity contribution in [1.29, 1.82) is 0 Å². The fourth-order valence-electron chi connectivity index (χ4n) is 2.02. The zero-order chi connectivity index (χ0) is 14.5. The number of hydrogen-bond acceptors (Lipinski definition) is 2. The van der Waals surface area contributed by atoms with Gasteiger partial charge in [0.05, 0.1) is 0 Å². The summed E-state index contributed by atoms with van der Waals surface area (Å²) in [6.07, 6.45) is 5.30. The van der Waals surface area contributed by atoms with Crippen LogP contribution in [0.15, 0.2) is 54.4 Å². The highest BCUT2D eigenvalue weighted by molar-refractivity contribution is 5.91. The van der Waals surface area contributed by atoms with E-state index in [0.29, 0.717) is 5.57 Å². The van der Waals surface area contributed by atoms with Crippen molar-refractivity contribution >= 4 is 12.0 Å². The maximum atomic E-state index is 10.8. The minimum Gasteiger partial charge on any atom is -0.478 e. The van der Waals surface area contributed by atoms with Gasteiger partial charge in [-0.15, -0.1) is 0 Å². The Morgan fingerprint density at radius 3 is 2.45 bits per heavy atom.